The summed E-state index contributed by atoms with van der Waals surface area (Å²) in [6.45, 7) is 24.0. The van der Waals surface area contributed by atoms with Crippen molar-refractivity contribution in [3.63, 3.8) is 0 Å². The second-order valence-electron chi connectivity index (χ2n) is 7.57. The minimum Gasteiger partial charge on any atom is -0.381 e. The Hall–Kier alpha value is 1.06. The van der Waals surface area contributed by atoms with Crippen molar-refractivity contribution >= 4 is 0 Å². The van der Waals surface area contributed by atoms with Gasteiger partial charge < -0.3 is 12.2 Å². The molecule has 148 valence electrons. The van der Waals surface area contributed by atoms with Crippen molar-refractivity contribution in [1.29, 1.82) is 0 Å². The van der Waals surface area contributed by atoms with E-state index in [-0.39, 0.29) is 40.1 Å². The summed E-state index contributed by atoms with van der Waals surface area (Å²) in [7, 11) is 0. The summed E-state index contributed by atoms with van der Waals surface area (Å²) < 4.78 is 4.94. The van der Waals surface area contributed by atoms with E-state index in [1.54, 1.807) is 0 Å². The predicted molar refractivity (Wildman–Crippen MR) is 116 cm³/mol. The third-order valence-electron chi connectivity index (χ3n) is 6.45. The first-order valence-corrected chi connectivity index (χ1v) is 9.58. The molecule has 10 radical (unpaired) electrons. The Kier molecular flexibility index (Phi) is 15.8. The predicted octanol–water partition coefficient (Wildman–Crippen LogP) is 7.19. The zero-order chi connectivity index (χ0) is 19.3. The van der Waals surface area contributed by atoms with E-state index in [1.807, 2.05) is 0 Å². The van der Waals surface area contributed by atoms with E-state index >= 15 is 0 Å². The molecule has 1 saturated heterocycles. The minimum absolute atomic E-state index is 0. The van der Waals surface area contributed by atoms with Crippen molar-refractivity contribution in [2.24, 2.45) is 0 Å². The Labute approximate surface area is 198 Å². The maximum atomic E-state index is 4.94. The molecule has 0 atom stereocenters. The van der Waals surface area contributed by atoms with Gasteiger partial charge in [-0.05, 0) is 72.0 Å². The van der Waals surface area contributed by atoms with Gasteiger partial charge in [0.15, 0.2) is 0 Å². The van der Waals surface area contributed by atoms with Gasteiger partial charge in [0.25, 0.3) is 0 Å². The first-order valence-electron chi connectivity index (χ1n) is 9.58. The van der Waals surface area contributed by atoms with Crippen LogP contribution in [0.3, 0.4) is 0 Å². The summed E-state index contributed by atoms with van der Waals surface area (Å²) in [4.78, 5) is 0. The molecule has 1 aliphatic heterocycles. The zero-order valence-electron chi connectivity index (χ0n) is 19.8. The van der Waals surface area contributed by atoms with Gasteiger partial charge in [-0.15, -0.1) is 0 Å². The summed E-state index contributed by atoms with van der Waals surface area (Å²) >= 11 is 0. The molecule has 0 spiro atoms. The summed E-state index contributed by atoms with van der Waals surface area (Å²) in [6.07, 6.45) is 2.56. The Morgan fingerprint density at radius 1 is 0.407 bits per heavy atom. The van der Waals surface area contributed by atoms with Crippen LogP contribution in [0.1, 0.15) is 82.1 Å². The molecule has 0 unspecified atom stereocenters. The molecule has 1 heterocycles. The standard InChI is InChI=1S/2C10H15.C4H8O.CH3.Y/c2*1-6-7(2)9(4)10(5)8(6)3;1-2-4-5-3-1;;/h2*1-5H3;1-4H2;1H3;/q;;;-1;+3. The van der Waals surface area contributed by atoms with Gasteiger partial charge in [-0.1, -0.05) is 69.2 Å². The van der Waals surface area contributed by atoms with Crippen molar-refractivity contribution in [2.75, 3.05) is 13.2 Å². The van der Waals surface area contributed by atoms with Crippen LogP contribution < -0.4 is 0 Å². The molecule has 2 saturated carbocycles. The van der Waals surface area contributed by atoms with Crippen LogP contribution in [-0.2, 0) is 37.4 Å². The fraction of sp³-hybridized carbons (Fsp3) is 0.560. The maximum absolute atomic E-state index is 4.94. The molecular formula is C25H41OY+2. The molecule has 2 aliphatic carbocycles. The SMILES string of the molecule is C1CCOC1.C[C]1[C](C)[C](C)[C](C)[C]1C.C[C]1[C](C)[C](C)[C](C)[C]1C.[CH3-].[Y+3]. The molecule has 0 aromatic heterocycles. The van der Waals surface area contributed by atoms with E-state index in [0.29, 0.717) is 0 Å². The second kappa shape index (κ2) is 14.1. The average Bonchev–Trinajstić information content (AvgIpc) is 3.29. The van der Waals surface area contributed by atoms with Gasteiger partial charge in [0, 0.05) is 13.2 Å². The first kappa shape index (κ1) is 30.3. The van der Waals surface area contributed by atoms with Gasteiger partial charge in [0.1, 0.15) is 0 Å². The Morgan fingerprint density at radius 2 is 0.556 bits per heavy atom. The normalized spacial score (nSPS) is 25.6. The van der Waals surface area contributed by atoms with Crippen molar-refractivity contribution < 1.29 is 37.4 Å². The number of hydrogen-bond donors (Lipinski definition) is 0. The van der Waals surface area contributed by atoms with Gasteiger partial charge >= 0.3 is 32.7 Å². The molecule has 0 aromatic rings. The fourth-order valence-corrected chi connectivity index (χ4v) is 3.32. The van der Waals surface area contributed by atoms with Crippen molar-refractivity contribution in [3.05, 3.63) is 66.6 Å². The molecule has 0 bridgehead atoms. The smallest absolute Gasteiger partial charge is 0.381 e. The molecule has 1 nitrogen and oxygen atoms in total. The van der Waals surface area contributed by atoms with E-state index in [0.717, 1.165) is 13.2 Å². The minimum atomic E-state index is 0. The molecule has 0 amide bonds. The number of rotatable bonds is 0. The molecule has 0 N–H and O–H groups in total. The zero-order valence-corrected chi connectivity index (χ0v) is 22.7. The Bertz CT molecular complexity index is 240. The van der Waals surface area contributed by atoms with Crippen LogP contribution in [0.15, 0.2) is 0 Å². The van der Waals surface area contributed by atoms with Crippen molar-refractivity contribution in [3.8, 4) is 0 Å². The van der Waals surface area contributed by atoms with Crippen LogP contribution in [0, 0.1) is 66.6 Å². The van der Waals surface area contributed by atoms with E-state index in [9.17, 15) is 0 Å². The number of ether oxygens (including phenoxy) is 1. The van der Waals surface area contributed by atoms with Gasteiger partial charge in [-0.2, -0.15) is 0 Å². The monoisotopic (exact) mass is 446 g/mol. The van der Waals surface area contributed by atoms with Crippen LogP contribution in [0.4, 0.5) is 0 Å². The van der Waals surface area contributed by atoms with E-state index in [4.69, 9.17) is 4.74 Å². The molecule has 3 rings (SSSR count). The van der Waals surface area contributed by atoms with Gasteiger partial charge in [0.05, 0.1) is 0 Å². The summed E-state index contributed by atoms with van der Waals surface area (Å²) in [6, 6.07) is 0. The van der Waals surface area contributed by atoms with Crippen molar-refractivity contribution in [1.82, 2.24) is 0 Å². The van der Waals surface area contributed by atoms with Crippen LogP contribution >= 0.6 is 0 Å². The second-order valence-corrected chi connectivity index (χ2v) is 7.57. The number of hydrogen-bond acceptors (Lipinski definition) is 1. The molecule has 3 fully saturated rings. The largest absolute Gasteiger partial charge is 3.00 e. The van der Waals surface area contributed by atoms with E-state index in [1.165, 1.54) is 72.0 Å². The van der Waals surface area contributed by atoms with Crippen LogP contribution in [0.25, 0.3) is 0 Å². The summed E-state index contributed by atoms with van der Waals surface area (Å²) in [5, 5.41) is 0. The Balaban J connectivity index is 0. The molecule has 0 aromatic carbocycles. The maximum Gasteiger partial charge on any atom is 3.00 e. The molecular weight excluding hydrogens is 405 g/mol. The molecule has 2 heteroatoms. The topological polar surface area (TPSA) is 9.23 Å². The van der Waals surface area contributed by atoms with Crippen LogP contribution in [0.2, 0.25) is 0 Å². The average molecular weight is 447 g/mol. The van der Waals surface area contributed by atoms with Gasteiger partial charge in [-0.25, -0.2) is 0 Å². The summed E-state index contributed by atoms with van der Waals surface area (Å²) in [5.41, 5.74) is 0. The van der Waals surface area contributed by atoms with Gasteiger partial charge in [0.2, 0.25) is 0 Å². The van der Waals surface area contributed by atoms with Crippen molar-refractivity contribution in [2.45, 2.75) is 82.1 Å². The molecule has 27 heavy (non-hydrogen) atoms. The fourth-order valence-electron chi connectivity index (χ4n) is 3.32. The van der Waals surface area contributed by atoms with E-state index in [2.05, 4.69) is 69.2 Å². The first-order chi connectivity index (χ1) is 11.6. The van der Waals surface area contributed by atoms with Gasteiger partial charge in [-0.3, -0.25) is 0 Å². The van der Waals surface area contributed by atoms with Crippen LogP contribution in [-0.4, -0.2) is 13.2 Å². The quantitative estimate of drug-likeness (QED) is 0.358. The summed E-state index contributed by atoms with van der Waals surface area (Å²) in [5.74, 6) is 14.7. The third-order valence-corrected chi connectivity index (χ3v) is 6.45. The Morgan fingerprint density at radius 3 is 0.630 bits per heavy atom. The van der Waals surface area contributed by atoms with E-state index < -0.39 is 0 Å². The third kappa shape index (κ3) is 8.01. The molecule has 3 aliphatic rings. The van der Waals surface area contributed by atoms with Crippen LogP contribution in [0.5, 0.6) is 0 Å².